The smallest absolute Gasteiger partial charge is 0.333 e. The van der Waals surface area contributed by atoms with E-state index in [1.807, 2.05) is 13.8 Å². The largest absolute Gasteiger partial charge is 0.496 e. The number of aromatic nitrogens is 5. The zero-order valence-electron chi connectivity index (χ0n) is 25.8. The molecule has 0 aliphatic carbocycles. The molecule has 0 unspecified atom stereocenters. The summed E-state index contributed by atoms with van der Waals surface area (Å²) in [4.78, 5) is 42.6. The number of ether oxygens (including phenoxy) is 1. The number of aliphatic hydroxyl groups excluding tert-OH is 2. The minimum Gasteiger partial charge on any atom is -0.496 e. The van der Waals surface area contributed by atoms with Crippen LogP contribution < -0.4 is 21.3 Å². The summed E-state index contributed by atoms with van der Waals surface area (Å²) in [6.07, 6.45) is 3.29. The molecule has 0 spiro atoms. The highest BCUT2D eigenvalue weighted by Crippen LogP contribution is 2.31. The number of fused-ring (bicyclic) bond motifs is 1. The lowest BCUT2D eigenvalue weighted by molar-refractivity contribution is -0.129. The number of nitrogens with one attached hydrogen (secondary N) is 1. The van der Waals surface area contributed by atoms with Crippen molar-refractivity contribution in [3.8, 4) is 10.8 Å². The summed E-state index contributed by atoms with van der Waals surface area (Å²) in [6.45, 7) is 12.3. The van der Waals surface area contributed by atoms with Crippen molar-refractivity contribution in [2.45, 2.75) is 73.0 Å². The lowest BCUT2D eigenvalue weighted by atomic mass is 10.0. The number of halogens is 1. The molecule has 3 aromatic heterocycles. The van der Waals surface area contributed by atoms with Crippen molar-refractivity contribution in [2.75, 3.05) is 20.3 Å². The molecule has 1 amide bonds. The maximum Gasteiger partial charge on any atom is 0.333 e. The van der Waals surface area contributed by atoms with Crippen LogP contribution in [-0.4, -0.2) is 66.6 Å². The van der Waals surface area contributed by atoms with Gasteiger partial charge in [-0.2, -0.15) is 10.2 Å². The molecule has 0 fully saturated rings. The van der Waals surface area contributed by atoms with Crippen LogP contribution in [0.15, 0.2) is 40.2 Å². The van der Waals surface area contributed by atoms with Gasteiger partial charge in [0.05, 0.1) is 38.1 Å². The van der Waals surface area contributed by atoms with E-state index in [2.05, 4.69) is 15.5 Å². The topological polar surface area (TPSA) is 153 Å². The van der Waals surface area contributed by atoms with Crippen molar-refractivity contribution in [3.63, 3.8) is 0 Å². The van der Waals surface area contributed by atoms with E-state index in [-0.39, 0.29) is 32.2 Å². The van der Waals surface area contributed by atoms with Crippen LogP contribution in [0.4, 0.5) is 4.39 Å². The Morgan fingerprint density at radius 2 is 1.74 bits per heavy atom. The summed E-state index contributed by atoms with van der Waals surface area (Å²) in [5.74, 6) is -0.399. The number of amides is 1. The quantitative estimate of drug-likeness (QED) is 0.258. The van der Waals surface area contributed by atoms with Gasteiger partial charge in [-0.1, -0.05) is 25.2 Å². The fourth-order valence-electron chi connectivity index (χ4n) is 4.25. The molecule has 4 rings (SSSR count). The summed E-state index contributed by atoms with van der Waals surface area (Å²) >= 11 is 1.20. The number of carbonyl (C=O) groups excluding carboxylic acids is 1. The molecule has 12 nitrogen and oxygen atoms in total. The maximum atomic E-state index is 14.0. The number of rotatable bonds is 9. The summed E-state index contributed by atoms with van der Waals surface area (Å²) in [7, 11) is 1.49. The highest BCUT2D eigenvalue weighted by molar-refractivity contribution is 7.21. The molecule has 0 atom stereocenters. The van der Waals surface area contributed by atoms with Crippen LogP contribution in [-0.2, 0) is 23.3 Å². The number of nitrogens with zero attached hydrogens (tertiary/aromatic N) is 5. The summed E-state index contributed by atoms with van der Waals surface area (Å²) in [5.41, 5.74) is -1.54. The lowest BCUT2D eigenvalue weighted by Gasteiger charge is -2.27. The lowest BCUT2D eigenvalue weighted by Crippen LogP contribution is -2.56. The van der Waals surface area contributed by atoms with E-state index >= 15 is 0 Å². The Morgan fingerprint density at radius 3 is 2.28 bits per heavy atom. The number of thiophene rings is 1. The molecular weight excluding hydrogens is 579 g/mol. The third kappa shape index (κ3) is 7.75. The van der Waals surface area contributed by atoms with Crippen LogP contribution in [0, 0.1) is 12.7 Å². The number of aliphatic hydroxyl groups is 2. The first-order valence-electron chi connectivity index (χ1n) is 13.9. The number of methoxy groups -OCH3 is 1. The van der Waals surface area contributed by atoms with Gasteiger partial charge in [-0.3, -0.25) is 14.2 Å². The maximum absolute atomic E-state index is 14.0. The van der Waals surface area contributed by atoms with Gasteiger partial charge in [0.25, 0.3) is 5.56 Å². The third-order valence-corrected chi connectivity index (χ3v) is 7.55. The van der Waals surface area contributed by atoms with E-state index in [1.54, 1.807) is 20.8 Å². The van der Waals surface area contributed by atoms with Crippen molar-refractivity contribution in [1.82, 2.24) is 29.4 Å². The standard InChI is InChI=1S/C25H29FN6O4S.C2H6O2.C2H6/c1-14(2)29-23(34)25(4,5)31-20(33)19-15(3)21(32-27-10-11-28-32)37-22(19)30(24(31)35)12-9-16-13-17(26)7-8-18(16)36-6;3-1-2-4;1-2/h7-8,10-11,13-14H,9,12H2,1-6H3,(H,29,34);3-4H,1-2H2;1-2H3. The molecule has 0 saturated carbocycles. The fourth-order valence-corrected chi connectivity index (χ4v) is 5.49. The average Bonchev–Trinajstić information content (AvgIpc) is 3.62. The predicted octanol–water partition coefficient (Wildman–Crippen LogP) is 2.76. The number of hydrogen-bond acceptors (Lipinski definition) is 9. The van der Waals surface area contributed by atoms with Crippen molar-refractivity contribution < 1.29 is 24.1 Å². The monoisotopic (exact) mass is 620 g/mol. The van der Waals surface area contributed by atoms with E-state index in [4.69, 9.17) is 14.9 Å². The van der Waals surface area contributed by atoms with Crippen LogP contribution in [0.2, 0.25) is 0 Å². The third-order valence-electron chi connectivity index (χ3n) is 6.27. The van der Waals surface area contributed by atoms with Gasteiger partial charge in [0.2, 0.25) is 5.91 Å². The second kappa shape index (κ2) is 15.5. The number of benzene rings is 1. The minimum atomic E-state index is -1.48. The van der Waals surface area contributed by atoms with Crippen molar-refractivity contribution in [3.05, 3.63) is 68.4 Å². The van der Waals surface area contributed by atoms with Crippen molar-refractivity contribution >= 4 is 27.5 Å². The fraction of sp³-hybridized carbons (Fsp3) is 0.483. The molecule has 0 aliphatic rings. The van der Waals surface area contributed by atoms with Crippen molar-refractivity contribution in [2.24, 2.45) is 0 Å². The van der Waals surface area contributed by atoms with Crippen LogP contribution in [0.3, 0.4) is 0 Å². The van der Waals surface area contributed by atoms with E-state index < -0.39 is 28.5 Å². The Balaban J connectivity index is 0.000000993. The van der Waals surface area contributed by atoms with Gasteiger partial charge in [-0.05, 0) is 64.8 Å². The zero-order chi connectivity index (χ0) is 32.5. The van der Waals surface area contributed by atoms with Gasteiger partial charge < -0.3 is 20.3 Å². The Bertz CT molecular complexity index is 1620. The molecule has 3 N–H and O–H groups in total. The molecule has 14 heteroatoms. The summed E-state index contributed by atoms with van der Waals surface area (Å²) in [5, 5.41) is 27.3. The van der Waals surface area contributed by atoms with Gasteiger partial charge in [-0.25, -0.2) is 13.8 Å². The Hall–Kier alpha value is -3.88. The second-order valence-corrected chi connectivity index (χ2v) is 10.9. The van der Waals surface area contributed by atoms with Crippen LogP contribution >= 0.6 is 11.3 Å². The highest BCUT2D eigenvalue weighted by Gasteiger charge is 2.35. The Kier molecular flexibility index (Phi) is 12.8. The molecule has 0 aliphatic heterocycles. The van der Waals surface area contributed by atoms with Gasteiger partial charge >= 0.3 is 5.69 Å². The van der Waals surface area contributed by atoms with Gasteiger partial charge in [0.1, 0.15) is 26.9 Å². The molecule has 43 heavy (non-hydrogen) atoms. The van der Waals surface area contributed by atoms with E-state index in [0.717, 1.165) is 4.57 Å². The van der Waals surface area contributed by atoms with Crippen LogP contribution in [0.1, 0.15) is 52.7 Å². The molecule has 0 radical (unpaired) electrons. The summed E-state index contributed by atoms with van der Waals surface area (Å²) < 4.78 is 21.8. The molecule has 0 bridgehead atoms. The van der Waals surface area contributed by atoms with Gasteiger partial charge in [0, 0.05) is 18.2 Å². The second-order valence-electron chi connectivity index (χ2n) is 9.95. The van der Waals surface area contributed by atoms with Crippen LogP contribution in [0.25, 0.3) is 15.2 Å². The first-order chi connectivity index (χ1) is 20.4. The van der Waals surface area contributed by atoms with E-state index in [9.17, 15) is 18.8 Å². The van der Waals surface area contributed by atoms with Gasteiger partial charge in [0.15, 0.2) is 0 Å². The molecule has 1 aromatic carbocycles. The SMILES string of the molecule is CC.COc1ccc(F)cc1CCn1c(=O)n(C(C)(C)C(=O)NC(C)C)c(=O)c2c(C)c(-n3nccn3)sc21.OCCO. The average molecular weight is 621 g/mol. The summed E-state index contributed by atoms with van der Waals surface area (Å²) in [6, 6.07) is 4.00. The Labute approximate surface area is 253 Å². The molecule has 4 aromatic rings. The normalized spacial score (nSPS) is 11.1. The first kappa shape index (κ1) is 35.3. The van der Waals surface area contributed by atoms with E-state index in [1.165, 1.54) is 72.3 Å². The molecule has 3 heterocycles. The molecular formula is C29H41FN6O6S. The van der Waals surface area contributed by atoms with E-state index in [0.29, 0.717) is 32.1 Å². The molecule has 0 saturated heterocycles. The molecule has 236 valence electrons. The highest BCUT2D eigenvalue weighted by atomic mass is 32.1. The Morgan fingerprint density at radius 1 is 1.14 bits per heavy atom. The predicted molar refractivity (Wildman–Crippen MR) is 165 cm³/mol. The minimum absolute atomic E-state index is 0.114. The first-order valence-corrected chi connectivity index (χ1v) is 14.7. The van der Waals surface area contributed by atoms with Crippen LogP contribution in [0.5, 0.6) is 5.75 Å². The number of hydrogen-bond donors (Lipinski definition) is 3. The van der Waals surface area contributed by atoms with Crippen molar-refractivity contribution in [1.29, 1.82) is 0 Å². The number of aryl methyl sites for hydroxylation is 3. The van der Waals surface area contributed by atoms with Gasteiger partial charge in [-0.15, -0.1) is 4.80 Å². The number of carbonyl (C=O) groups is 1. The zero-order valence-corrected chi connectivity index (χ0v) is 26.7.